The van der Waals surface area contributed by atoms with E-state index in [1.807, 2.05) is 12.1 Å². The summed E-state index contributed by atoms with van der Waals surface area (Å²) in [5.74, 6) is 1.40. The van der Waals surface area contributed by atoms with E-state index in [0.29, 0.717) is 40.9 Å². The molecule has 9 nitrogen and oxygen atoms in total. The Morgan fingerprint density at radius 3 is 2.97 bits per heavy atom. The number of likely N-dealkylation sites (tertiary alicyclic amines) is 1. The zero-order valence-corrected chi connectivity index (χ0v) is 18.7. The lowest BCUT2D eigenvalue weighted by Gasteiger charge is -2.24. The topological polar surface area (TPSA) is 116 Å². The number of aliphatic hydroxyl groups excluding tert-OH is 1. The van der Waals surface area contributed by atoms with Crippen LogP contribution in [-0.2, 0) is 11.3 Å². The average Bonchev–Trinajstić information content (AvgIpc) is 3.51. The number of amides is 1. The lowest BCUT2D eigenvalue weighted by molar-refractivity contribution is -0.135. The zero-order valence-electron chi connectivity index (χ0n) is 17.2. The Kier molecular flexibility index (Phi) is 5.75. The molecule has 2 aliphatic heterocycles. The molecule has 1 fully saturated rings. The van der Waals surface area contributed by atoms with Crippen LogP contribution in [0.2, 0.25) is 5.02 Å². The van der Waals surface area contributed by atoms with Crippen molar-refractivity contribution in [3.8, 4) is 11.5 Å². The van der Waals surface area contributed by atoms with Crippen LogP contribution in [-0.4, -0.2) is 56.4 Å². The highest BCUT2D eigenvalue weighted by Crippen LogP contribution is 2.43. The van der Waals surface area contributed by atoms with E-state index in [1.54, 1.807) is 17.2 Å². The third-order valence-electron chi connectivity index (χ3n) is 5.81. The van der Waals surface area contributed by atoms with Crippen LogP contribution in [0.5, 0.6) is 11.5 Å². The summed E-state index contributed by atoms with van der Waals surface area (Å²) in [4.78, 5) is 23.5. The van der Waals surface area contributed by atoms with Gasteiger partial charge in [0.05, 0.1) is 10.5 Å². The standard InChI is InChI=1S/C21H22ClN5O4S/c22-13-8-15-16(31-11-30-15)9-17(13)32-21-25-19-14(3-5-24-20(19)23)27(21)7-4-12-2-1-6-26(12)18(29)10-28/h3,5,8-9,12,28H,1-2,4,6-7,10-11H2,(H2,23,24). The summed E-state index contributed by atoms with van der Waals surface area (Å²) in [7, 11) is 0. The molecule has 0 radical (unpaired) electrons. The molecule has 0 spiro atoms. The number of rotatable bonds is 6. The number of fused-ring (bicyclic) bond motifs is 2. The molecule has 1 unspecified atom stereocenters. The predicted molar refractivity (Wildman–Crippen MR) is 120 cm³/mol. The highest BCUT2D eigenvalue weighted by Gasteiger charge is 2.28. The molecule has 11 heteroatoms. The van der Waals surface area contributed by atoms with E-state index in [1.165, 1.54) is 11.8 Å². The maximum absolute atomic E-state index is 12.1. The number of nitrogens with two attached hydrogens (primary N) is 1. The Labute approximate surface area is 193 Å². The van der Waals surface area contributed by atoms with E-state index < -0.39 is 6.61 Å². The summed E-state index contributed by atoms with van der Waals surface area (Å²) in [6.07, 6.45) is 4.25. The number of aromatic nitrogens is 3. The number of nitrogens with zero attached hydrogens (tertiary/aromatic N) is 4. The first-order chi connectivity index (χ1) is 15.5. The number of carbonyl (C=O) groups excluding carboxylic acids is 1. The second-order valence-electron chi connectivity index (χ2n) is 7.68. The van der Waals surface area contributed by atoms with Crippen LogP contribution in [0.3, 0.4) is 0 Å². The Hall–Kier alpha value is -2.69. The van der Waals surface area contributed by atoms with Gasteiger partial charge in [0, 0.05) is 36.3 Å². The summed E-state index contributed by atoms with van der Waals surface area (Å²) in [6.45, 7) is 1.02. The van der Waals surface area contributed by atoms with Crippen molar-refractivity contribution in [2.24, 2.45) is 0 Å². The van der Waals surface area contributed by atoms with Gasteiger partial charge in [-0.3, -0.25) is 4.79 Å². The van der Waals surface area contributed by atoms with Gasteiger partial charge in [-0.05, 0) is 43.2 Å². The van der Waals surface area contributed by atoms with Crippen molar-refractivity contribution in [2.45, 2.75) is 41.9 Å². The molecule has 2 aliphatic rings. The number of pyridine rings is 1. The summed E-state index contributed by atoms with van der Waals surface area (Å²) < 4.78 is 13.0. The van der Waals surface area contributed by atoms with E-state index in [9.17, 15) is 9.90 Å². The van der Waals surface area contributed by atoms with Crippen LogP contribution >= 0.6 is 23.4 Å². The van der Waals surface area contributed by atoms with Crippen LogP contribution in [0.1, 0.15) is 19.3 Å². The van der Waals surface area contributed by atoms with Gasteiger partial charge in [0.15, 0.2) is 22.5 Å². The number of carbonyl (C=O) groups is 1. The molecule has 0 bridgehead atoms. The third-order valence-corrected chi connectivity index (χ3v) is 7.28. The first kappa shape index (κ1) is 21.2. The molecule has 168 valence electrons. The van der Waals surface area contributed by atoms with Gasteiger partial charge in [-0.2, -0.15) is 0 Å². The summed E-state index contributed by atoms with van der Waals surface area (Å²) in [5, 5.41) is 10.5. The van der Waals surface area contributed by atoms with Crippen LogP contribution in [0.15, 0.2) is 34.4 Å². The van der Waals surface area contributed by atoms with Gasteiger partial charge in [0.1, 0.15) is 12.1 Å². The van der Waals surface area contributed by atoms with Crippen molar-refractivity contribution in [2.75, 3.05) is 25.7 Å². The van der Waals surface area contributed by atoms with E-state index >= 15 is 0 Å². The molecular formula is C21H22ClN5O4S. The minimum Gasteiger partial charge on any atom is -0.454 e. The van der Waals surface area contributed by atoms with E-state index in [0.717, 1.165) is 34.8 Å². The van der Waals surface area contributed by atoms with Gasteiger partial charge in [-0.1, -0.05) is 11.6 Å². The van der Waals surface area contributed by atoms with Crippen molar-refractivity contribution in [1.82, 2.24) is 19.4 Å². The highest BCUT2D eigenvalue weighted by atomic mass is 35.5. The first-order valence-electron chi connectivity index (χ1n) is 10.3. The molecule has 4 heterocycles. The molecule has 3 aromatic rings. The summed E-state index contributed by atoms with van der Waals surface area (Å²) in [6, 6.07) is 5.55. The molecular weight excluding hydrogens is 454 g/mol. The molecule has 2 aromatic heterocycles. The quantitative estimate of drug-likeness (QED) is 0.559. The fraction of sp³-hybridized carbons (Fsp3) is 0.381. The summed E-state index contributed by atoms with van der Waals surface area (Å²) in [5.41, 5.74) is 7.59. The number of hydrogen-bond donors (Lipinski definition) is 2. The highest BCUT2D eigenvalue weighted by molar-refractivity contribution is 7.99. The van der Waals surface area contributed by atoms with Gasteiger partial charge in [0.25, 0.3) is 0 Å². The van der Waals surface area contributed by atoms with Gasteiger partial charge in [-0.25, -0.2) is 9.97 Å². The summed E-state index contributed by atoms with van der Waals surface area (Å²) >= 11 is 7.91. The van der Waals surface area contributed by atoms with Crippen LogP contribution in [0.25, 0.3) is 11.0 Å². The normalized spacial score (nSPS) is 17.4. The lowest BCUT2D eigenvalue weighted by atomic mass is 10.1. The first-order valence-corrected chi connectivity index (χ1v) is 11.5. The number of anilines is 1. The van der Waals surface area contributed by atoms with E-state index in [-0.39, 0.29) is 18.7 Å². The molecule has 1 saturated heterocycles. The fourth-order valence-electron chi connectivity index (χ4n) is 4.25. The SMILES string of the molecule is Nc1nccc2c1nc(Sc1cc3c(cc1Cl)OCO3)n2CCC1CCCN1C(=O)CO. The van der Waals surface area contributed by atoms with Gasteiger partial charge < -0.3 is 29.8 Å². The smallest absolute Gasteiger partial charge is 0.248 e. The van der Waals surface area contributed by atoms with Crippen molar-refractivity contribution in [3.63, 3.8) is 0 Å². The lowest BCUT2D eigenvalue weighted by Crippen LogP contribution is -2.37. The fourth-order valence-corrected chi connectivity index (χ4v) is 5.48. The molecule has 3 N–H and O–H groups in total. The second-order valence-corrected chi connectivity index (χ2v) is 9.09. The molecule has 1 atom stereocenters. The Morgan fingerprint density at radius 1 is 1.34 bits per heavy atom. The van der Waals surface area contributed by atoms with Crippen LogP contribution < -0.4 is 15.2 Å². The van der Waals surface area contributed by atoms with Crippen molar-refractivity contribution in [1.29, 1.82) is 0 Å². The third kappa shape index (κ3) is 3.82. The number of ether oxygens (including phenoxy) is 2. The molecule has 0 aliphatic carbocycles. The van der Waals surface area contributed by atoms with Crippen molar-refractivity contribution in [3.05, 3.63) is 29.4 Å². The van der Waals surface area contributed by atoms with Crippen LogP contribution in [0, 0.1) is 0 Å². The second kappa shape index (κ2) is 8.68. The predicted octanol–water partition coefficient (Wildman–Crippen LogP) is 2.92. The van der Waals surface area contributed by atoms with E-state index in [4.69, 9.17) is 31.8 Å². The number of halogens is 1. The Bertz CT molecular complexity index is 1190. The van der Waals surface area contributed by atoms with E-state index in [2.05, 4.69) is 9.55 Å². The molecule has 1 aromatic carbocycles. The molecule has 5 rings (SSSR count). The van der Waals surface area contributed by atoms with Crippen LogP contribution in [0.4, 0.5) is 5.82 Å². The number of imidazole rings is 1. The average molecular weight is 476 g/mol. The maximum Gasteiger partial charge on any atom is 0.248 e. The number of benzene rings is 1. The number of aryl methyl sites for hydroxylation is 1. The van der Waals surface area contributed by atoms with Gasteiger partial charge in [0.2, 0.25) is 12.7 Å². The monoisotopic (exact) mass is 475 g/mol. The van der Waals surface area contributed by atoms with Gasteiger partial charge in [-0.15, -0.1) is 0 Å². The minimum atomic E-state index is -0.462. The molecule has 1 amide bonds. The van der Waals surface area contributed by atoms with Crippen molar-refractivity contribution >= 4 is 46.1 Å². The minimum absolute atomic E-state index is 0.0817. The molecule has 0 saturated carbocycles. The number of hydrogen-bond acceptors (Lipinski definition) is 8. The Balaban J connectivity index is 1.46. The van der Waals surface area contributed by atoms with Crippen molar-refractivity contribution < 1.29 is 19.4 Å². The largest absolute Gasteiger partial charge is 0.454 e. The molecule has 32 heavy (non-hydrogen) atoms. The maximum atomic E-state index is 12.1. The number of aliphatic hydroxyl groups is 1. The zero-order chi connectivity index (χ0) is 22.2. The van der Waals surface area contributed by atoms with Gasteiger partial charge >= 0.3 is 0 Å². The number of nitrogen functional groups attached to an aromatic ring is 1. The Morgan fingerprint density at radius 2 is 2.16 bits per heavy atom.